The average molecular weight is 251 g/mol. The van der Waals surface area contributed by atoms with Gasteiger partial charge >= 0.3 is 0 Å². The molecule has 0 saturated heterocycles. The van der Waals surface area contributed by atoms with Crippen molar-refractivity contribution in [3.05, 3.63) is 18.0 Å². The van der Waals surface area contributed by atoms with Crippen LogP contribution < -0.4 is 0 Å². The number of nitrogens with zero attached hydrogens (tertiary/aromatic N) is 5. The van der Waals surface area contributed by atoms with Gasteiger partial charge in [0.25, 0.3) is 0 Å². The Hall–Kier alpha value is -1.08. The minimum Gasteiger partial charge on any atom is -0.272 e. The second-order valence-corrected chi connectivity index (χ2v) is 4.89. The Bertz CT molecular complexity index is 528. The van der Waals surface area contributed by atoms with Crippen LogP contribution >= 0.6 is 24.4 Å². The van der Waals surface area contributed by atoms with Gasteiger partial charge in [-0.25, -0.2) is 0 Å². The summed E-state index contributed by atoms with van der Waals surface area (Å²) < 4.78 is 1.88. The van der Waals surface area contributed by atoms with Gasteiger partial charge in [0.05, 0.1) is 6.20 Å². The number of rotatable bonds is 2. The molecular weight excluding hydrogens is 242 g/mol. The minimum absolute atomic E-state index is 0.0756. The van der Waals surface area contributed by atoms with Gasteiger partial charge in [-0.05, 0) is 18.7 Å². The van der Waals surface area contributed by atoms with Crippen LogP contribution in [0, 0.1) is 0 Å². The summed E-state index contributed by atoms with van der Waals surface area (Å²) in [5, 5.41) is 14.7. The van der Waals surface area contributed by atoms with E-state index in [0.717, 1.165) is 22.2 Å². The summed E-state index contributed by atoms with van der Waals surface area (Å²) in [6, 6.07) is -0.0756. The fraction of sp³-hybridized carbons (Fsp3) is 0.333. The summed E-state index contributed by atoms with van der Waals surface area (Å²) >= 11 is 5.78. The molecule has 0 amide bonds. The molecule has 0 N–H and O–H groups in total. The molecule has 2 aliphatic heterocycles. The van der Waals surface area contributed by atoms with Crippen LogP contribution in [0.2, 0.25) is 0 Å². The minimum atomic E-state index is -0.0756. The number of fused-ring (bicyclic) bond motifs is 1. The van der Waals surface area contributed by atoms with E-state index in [9.17, 15) is 0 Å². The van der Waals surface area contributed by atoms with Gasteiger partial charge in [0.15, 0.2) is 6.04 Å². The molecule has 5 nitrogen and oxygen atoms in total. The van der Waals surface area contributed by atoms with Gasteiger partial charge in [0, 0.05) is 18.3 Å². The van der Waals surface area contributed by atoms with E-state index in [1.807, 2.05) is 17.1 Å². The Morgan fingerprint density at radius 3 is 3.06 bits per heavy atom. The summed E-state index contributed by atoms with van der Waals surface area (Å²) in [7, 11) is 0. The highest BCUT2D eigenvalue weighted by molar-refractivity contribution is 8.27. The van der Waals surface area contributed by atoms with Crippen molar-refractivity contribution >= 4 is 39.5 Å². The molecule has 82 valence electrons. The van der Waals surface area contributed by atoms with E-state index >= 15 is 0 Å². The van der Waals surface area contributed by atoms with E-state index in [-0.39, 0.29) is 6.04 Å². The molecule has 7 heteroatoms. The van der Waals surface area contributed by atoms with Crippen LogP contribution in [-0.4, -0.2) is 31.0 Å². The van der Waals surface area contributed by atoms with Crippen LogP contribution in [-0.2, 0) is 6.54 Å². The number of thiol groups is 1. The van der Waals surface area contributed by atoms with Crippen LogP contribution in [0.3, 0.4) is 0 Å². The second-order valence-electron chi connectivity index (χ2n) is 3.42. The monoisotopic (exact) mass is 251 g/mol. The molecule has 1 aromatic heterocycles. The van der Waals surface area contributed by atoms with E-state index in [4.69, 9.17) is 0 Å². The number of aryl methyl sites for hydroxylation is 1. The van der Waals surface area contributed by atoms with Crippen molar-refractivity contribution in [3.63, 3.8) is 0 Å². The zero-order chi connectivity index (χ0) is 11.1. The molecular formula is C9H9N5S2. The lowest BCUT2D eigenvalue weighted by atomic mass is 10.3. The van der Waals surface area contributed by atoms with Crippen molar-refractivity contribution in [1.29, 1.82) is 0 Å². The lowest BCUT2D eigenvalue weighted by molar-refractivity contribution is 0.660. The first kappa shape index (κ1) is 10.1. The van der Waals surface area contributed by atoms with Crippen molar-refractivity contribution in [1.82, 2.24) is 9.78 Å². The third-order valence-corrected chi connectivity index (χ3v) is 3.76. The first-order chi connectivity index (χ1) is 7.78. The number of hydrogen-bond acceptors (Lipinski definition) is 5. The maximum absolute atomic E-state index is 4.54. The lowest BCUT2D eigenvalue weighted by Gasteiger charge is -1.94. The topological polar surface area (TPSA) is 54.9 Å². The summed E-state index contributed by atoms with van der Waals surface area (Å²) in [6.07, 6.45) is 3.81. The van der Waals surface area contributed by atoms with Crippen LogP contribution in [0.25, 0.3) is 0 Å². The molecule has 0 radical (unpaired) electrons. The molecule has 3 rings (SSSR count). The Morgan fingerprint density at radius 1 is 1.50 bits per heavy atom. The quantitative estimate of drug-likeness (QED) is 0.808. The van der Waals surface area contributed by atoms with E-state index in [2.05, 4.69) is 39.8 Å². The molecule has 0 fully saturated rings. The van der Waals surface area contributed by atoms with Crippen LogP contribution in [0.15, 0.2) is 27.6 Å². The molecule has 0 bridgehead atoms. The summed E-state index contributed by atoms with van der Waals surface area (Å²) in [5.74, 6) is 0. The zero-order valence-electron chi connectivity index (χ0n) is 8.53. The normalized spacial score (nSPS) is 22.9. The van der Waals surface area contributed by atoms with Crippen LogP contribution in [0.5, 0.6) is 0 Å². The molecule has 0 aliphatic carbocycles. The molecule has 0 saturated carbocycles. The molecule has 0 aromatic carbocycles. The largest absolute Gasteiger partial charge is 0.272 e. The molecule has 16 heavy (non-hydrogen) atoms. The maximum atomic E-state index is 4.54. The number of aliphatic imine (C=N–C) groups is 1. The predicted octanol–water partition coefficient (Wildman–Crippen LogP) is 1.42. The van der Waals surface area contributed by atoms with Gasteiger partial charge in [-0.3, -0.25) is 9.67 Å². The first-order valence-corrected chi connectivity index (χ1v) is 6.17. The molecule has 0 spiro atoms. The third kappa shape index (κ3) is 1.51. The van der Waals surface area contributed by atoms with Gasteiger partial charge in [-0.15, -0.1) is 22.8 Å². The Morgan fingerprint density at radius 2 is 2.38 bits per heavy atom. The molecule has 3 heterocycles. The molecule has 1 unspecified atom stereocenters. The number of aromatic nitrogens is 2. The standard InChI is InChI=1S/C9H9N5S2/c1-2-14-4-5(3-10-14)8-11-6-7(15)12-13-9(6)16-8/h3-4,6H,2H2,1H3,(H,12,15). The van der Waals surface area contributed by atoms with Crippen molar-refractivity contribution in [2.24, 2.45) is 15.2 Å². The summed E-state index contributed by atoms with van der Waals surface area (Å²) in [6.45, 7) is 2.92. The fourth-order valence-electron chi connectivity index (χ4n) is 1.53. The average Bonchev–Trinajstić information content (AvgIpc) is 2.95. The Labute approximate surface area is 102 Å². The SMILES string of the molecule is CCn1cc(C2=NC3C(S)=NN=C3S2)cn1. The lowest BCUT2D eigenvalue weighted by Crippen LogP contribution is -2.13. The van der Waals surface area contributed by atoms with Gasteiger partial charge < -0.3 is 0 Å². The van der Waals surface area contributed by atoms with Gasteiger partial charge in [0.2, 0.25) is 0 Å². The Kier molecular flexibility index (Phi) is 2.36. The summed E-state index contributed by atoms with van der Waals surface area (Å²) in [5.41, 5.74) is 1.03. The Balaban J connectivity index is 1.90. The summed E-state index contributed by atoms with van der Waals surface area (Å²) in [4.78, 5) is 4.54. The van der Waals surface area contributed by atoms with Crippen molar-refractivity contribution < 1.29 is 0 Å². The first-order valence-electron chi connectivity index (χ1n) is 4.91. The van der Waals surface area contributed by atoms with Crippen LogP contribution in [0.4, 0.5) is 0 Å². The highest BCUT2D eigenvalue weighted by Crippen LogP contribution is 2.30. The molecule has 1 atom stereocenters. The fourth-order valence-corrected chi connectivity index (χ4v) is 2.78. The van der Waals surface area contributed by atoms with E-state index in [1.54, 1.807) is 11.8 Å². The van der Waals surface area contributed by atoms with Crippen molar-refractivity contribution in [2.75, 3.05) is 0 Å². The smallest absolute Gasteiger partial charge is 0.151 e. The van der Waals surface area contributed by atoms with Gasteiger partial charge in [-0.1, -0.05) is 0 Å². The van der Waals surface area contributed by atoms with Crippen molar-refractivity contribution in [2.45, 2.75) is 19.5 Å². The highest BCUT2D eigenvalue weighted by atomic mass is 32.2. The maximum Gasteiger partial charge on any atom is 0.151 e. The highest BCUT2D eigenvalue weighted by Gasteiger charge is 2.33. The number of thioether (sulfide) groups is 1. The zero-order valence-corrected chi connectivity index (χ0v) is 10.2. The third-order valence-electron chi connectivity index (χ3n) is 2.38. The van der Waals surface area contributed by atoms with Crippen LogP contribution in [0.1, 0.15) is 12.5 Å². The predicted molar refractivity (Wildman–Crippen MR) is 69.7 cm³/mol. The van der Waals surface area contributed by atoms with E-state index in [0.29, 0.717) is 5.04 Å². The second kappa shape index (κ2) is 3.74. The van der Waals surface area contributed by atoms with Crippen molar-refractivity contribution in [3.8, 4) is 0 Å². The van der Waals surface area contributed by atoms with Gasteiger partial charge in [-0.2, -0.15) is 5.10 Å². The van der Waals surface area contributed by atoms with E-state index in [1.165, 1.54) is 0 Å². The number of hydrogen-bond donors (Lipinski definition) is 1. The molecule has 1 aromatic rings. The van der Waals surface area contributed by atoms with Gasteiger partial charge in [0.1, 0.15) is 15.1 Å². The van der Waals surface area contributed by atoms with E-state index < -0.39 is 0 Å². The molecule has 2 aliphatic rings.